The molecule has 1 N–H and O–H groups in total. The molecule has 4 heteroatoms. The smallest absolute Gasteiger partial charge is 0.133 e. The van der Waals surface area contributed by atoms with E-state index in [0.717, 1.165) is 25.1 Å². The molecule has 0 bridgehead atoms. The lowest BCUT2D eigenvalue weighted by Crippen LogP contribution is -2.57. The molecule has 0 amide bonds. The summed E-state index contributed by atoms with van der Waals surface area (Å²) in [7, 11) is 1.80. The Kier molecular flexibility index (Phi) is 3.21. The maximum Gasteiger partial charge on any atom is 0.133 e. The second-order valence-corrected chi connectivity index (χ2v) is 6.33. The molecule has 2 atom stereocenters. The molecule has 2 aliphatic rings. The summed E-state index contributed by atoms with van der Waals surface area (Å²) in [4.78, 5) is 8.89. The minimum Gasteiger partial charge on any atom is -0.381 e. The lowest BCUT2D eigenvalue weighted by molar-refractivity contribution is -0.0795. The Morgan fingerprint density at radius 2 is 2.05 bits per heavy atom. The van der Waals surface area contributed by atoms with Gasteiger partial charge in [0.2, 0.25) is 0 Å². The minimum absolute atomic E-state index is 0.168. The molecule has 0 aliphatic heterocycles. The second kappa shape index (κ2) is 4.75. The molecule has 1 aromatic rings. The highest BCUT2D eigenvalue weighted by Crippen LogP contribution is 2.44. The predicted molar refractivity (Wildman–Crippen MR) is 75.3 cm³/mol. The highest BCUT2D eigenvalue weighted by atomic mass is 16.5. The van der Waals surface area contributed by atoms with E-state index in [4.69, 9.17) is 4.74 Å². The second-order valence-electron chi connectivity index (χ2n) is 6.33. The normalized spacial score (nSPS) is 28.4. The number of nitrogens with zero attached hydrogens (tertiary/aromatic N) is 2. The molecule has 4 nitrogen and oxygen atoms in total. The quantitative estimate of drug-likeness (QED) is 0.908. The van der Waals surface area contributed by atoms with E-state index >= 15 is 0 Å². The molecule has 1 fully saturated rings. The molecule has 0 spiro atoms. The molecule has 19 heavy (non-hydrogen) atoms. The van der Waals surface area contributed by atoms with Crippen LogP contribution in [-0.2, 0) is 17.6 Å². The maximum absolute atomic E-state index is 5.51. The largest absolute Gasteiger partial charge is 0.381 e. The fourth-order valence-corrected chi connectivity index (χ4v) is 3.34. The minimum atomic E-state index is 0.168. The summed E-state index contributed by atoms with van der Waals surface area (Å²) in [6.07, 6.45) is 7.82. The van der Waals surface area contributed by atoms with Gasteiger partial charge in [0, 0.05) is 29.8 Å². The van der Waals surface area contributed by atoms with E-state index in [1.807, 2.05) is 0 Å². The first kappa shape index (κ1) is 12.9. The molecule has 1 heterocycles. The summed E-state index contributed by atoms with van der Waals surface area (Å²) in [5.41, 5.74) is 2.75. The fourth-order valence-electron chi connectivity index (χ4n) is 3.34. The van der Waals surface area contributed by atoms with Gasteiger partial charge < -0.3 is 10.1 Å². The molecule has 0 radical (unpaired) electrons. The van der Waals surface area contributed by atoms with Crippen LogP contribution in [0.1, 0.15) is 44.4 Å². The highest BCUT2D eigenvalue weighted by Gasteiger charge is 2.48. The van der Waals surface area contributed by atoms with E-state index in [-0.39, 0.29) is 5.41 Å². The summed E-state index contributed by atoms with van der Waals surface area (Å²) in [6.45, 7) is 4.52. The molecule has 104 valence electrons. The van der Waals surface area contributed by atoms with Crippen molar-refractivity contribution >= 4 is 5.82 Å². The van der Waals surface area contributed by atoms with Crippen LogP contribution in [0, 0.1) is 5.41 Å². The number of hydrogen-bond acceptors (Lipinski definition) is 4. The number of anilines is 1. The number of hydrogen-bond donors (Lipinski definition) is 1. The third-order valence-corrected chi connectivity index (χ3v) is 4.90. The molecular formula is C15H23N3O. The highest BCUT2D eigenvalue weighted by molar-refractivity contribution is 5.48. The van der Waals surface area contributed by atoms with Crippen molar-refractivity contribution in [2.45, 2.75) is 58.1 Å². The number of methoxy groups -OCH3 is 1. The van der Waals surface area contributed by atoms with Gasteiger partial charge in [-0.25, -0.2) is 9.97 Å². The van der Waals surface area contributed by atoms with Crippen molar-refractivity contribution in [2.24, 2.45) is 5.41 Å². The van der Waals surface area contributed by atoms with E-state index in [2.05, 4.69) is 29.1 Å². The lowest BCUT2D eigenvalue weighted by Gasteiger charge is -2.51. The first-order chi connectivity index (χ1) is 9.13. The zero-order valence-corrected chi connectivity index (χ0v) is 12.1. The summed E-state index contributed by atoms with van der Waals surface area (Å²) < 4.78 is 5.51. The standard InChI is InChI=1S/C15H23N3O/c1-15(2)12(8-13(15)19-3)18-14-10-6-4-5-7-11(10)16-9-17-14/h9,12-13H,4-8H2,1-3H3,(H,16,17,18). The van der Waals surface area contributed by atoms with Crippen molar-refractivity contribution in [1.29, 1.82) is 0 Å². The molecule has 2 aliphatic carbocycles. The van der Waals surface area contributed by atoms with Gasteiger partial charge in [0.25, 0.3) is 0 Å². The number of aromatic nitrogens is 2. The molecule has 0 aromatic carbocycles. The third kappa shape index (κ3) is 2.12. The molecular weight excluding hydrogens is 238 g/mol. The molecule has 3 rings (SSSR count). The zero-order valence-electron chi connectivity index (χ0n) is 12.1. The number of fused-ring (bicyclic) bond motifs is 1. The van der Waals surface area contributed by atoms with E-state index in [1.165, 1.54) is 24.1 Å². The number of nitrogens with one attached hydrogen (secondary N) is 1. The monoisotopic (exact) mass is 261 g/mol. The van der Waals surface area contributed by atoms with Crippen LogP contribution in [0.2, 0.25) is 0 Å². The Morgan fingerprint density at radius 1 is 1.26 bits per heavy atom. The number of aryl methyl sites for hydroxylation is 1. The first-order valence-corrected chi connectivity index (χ1v) is 7.25. The van der Waals surface area contributed by atoms with Crippen molar-refractivity contribution in [3.8, 4) is 0 Å². The van der Waals surface area contributed by atoms with E-state index < -0.39 is 0 Å². The van der Waals surface area contributed by atoms with Gasteiger partial charge in [-0.1, -0.05) is 13.8 Å². The van der Waals surface area contributed by atoms with Crippen LogP contribution >= 0.6 is 0 Å². The Labute approximate surface area is 115 Å². The molecule has 0 saturated heterocycles. The van der Waals surface area contributed by atoms with Crippen LogP contribution in [0.3, 0.4) is 0 Å². The van der Waals surface area contributed by atoms with Gasteiger partial charge >= 0.3 is 0 Å². The Hall–Kier alpha value is -1.16. The number of rotatable bonds is 3. The topological polar surface area (TPSA) is 47.0 Å². The van der Waals surface area contributed by atoms with Crippen molar-refractivity contribution in [2.75, 3.05) is 12.4 Å². The molecule has 1 saturated carbocycles. The van der Waals surface area contributed by atoms with Crippen LogP contribution < -0.4 is 5.32 Å². The molecule has 1 aromatic heterocycles. The first-order valence-electron chi connectivity index (χ1n) is 7.25. The molecule has 2 unspecified atom stereocenters. The predicted octanol–water partition coefficient (Wildman–Crippen LogP) is 2.58. The van der Waals surface area contributed by atoms with Gasteiger partial charge in [-0.05, 0) is 32.1 Å². The van der Waals surface area contributed by atoms with E-state index in [0.29, 0.717) is 12.1 Å². The van der Waals surface area contributed by atoms with E-state index in [9.17, 15) is 0 Å². The van der Waals surface area contributed by atoms with Crippen molar-refractivity contribution in [1.82, 2.24) is 9.97 Å². The van der Waals surface area contributed by atoms with E-state index in [1.54, 1.807) is 13.4 Å². The van der Waals surface area contributed by atoms with Gasteiger partial charge in [0.1, 0.15) is 12.1 Å². The van der Waals surface area contributed by atoms with Crippen molar-refractivity contribution < 1.29 is 4.74 Å². The summed E-state index contributed by atoms with van der Waals surface area (Å²) in [5, 5.41) is 3.63. The van der Waals surface area contributed by atoms with Gasteiger partial charge in [-0.3, -0.25) is 0 Å². The Morgan fingerprint density at radius 3 is 2.79 bits per heavy atom. The average molecular weight is 261 g/mol. The van der Waals surface area contributed by atoms with Crippen LogP contribution in [0.4, 0.5) is 5.82 Å². The maximum atomic E-state index is 5.51. The zero-order chi connectivity index (χ0) is 13.5. The third-order valence-electron chi connectivity index (χ3n) is 4.90. The van der Waals surface area contributed by atoms with Crippen LogP contribution in [-0.4, -0.2) is 29.2 Å². The van der Waals surface area contributed by atoms with Gasteiger partial charge in [-0.15, -0.1) is 0 Å². The van der Waals surface area contributed by atoms with Gasteiger partial charge in [-0.2, -0.15) is 0 Å². The van der Waals surface area contributed by atoms with Crippen LogP contribution in [0.15, 0.2) is 6.33 Å². The summed E-state index contributed by atoms with van der Waals surface area (Å²) in [5.74, 6) is 1.05. The van der Waals surface area contributed by atoms with Crippen molar-refractivity contribution in [3.63, 3.8) is 0 Å². The van der Waals surface area contributed by atoms with Crippen LogP contribution in [0.5, 0.6) is 0 Å². The Balaban J connectivity index is 1.78. The Bertz CT molecular complexity index is 472. The summed E-state index contributed by atoms with van der Waals surface area (Å²) >= 11 is 0. The summed E-state index contributed by atoms with van der Waals surface area (Å²) in [6, 6.07) is 0.443. The van der Waals surface area contributed by atoms with Crippen molar-refractivity contribution in [3.05, 3.63) is 17.6 Å². The number of ether oxygens (including phenoxy) is 1. The average Bonchev–Trinajstić information content (AvgIpc) is 2.43. The van der Waals surface area contributed by atoms with Gasteiger partial charge in [0.05, 0.1) is 6.10 Å². The van der Waals surface area contributed by atoms with Gasteiger partial charge in [0.15, 0.2) is 0 Å². The lowest BCUT2D eigenvalue weighted by atomic mass is 9.64. The van der Waals surface area contributed by atoms with Crippen LogP contribution in [0.25, 0.3) is 0 Å². The fraction of sp³-hybridized carbons (Fsp3) is 0.733. The SMILES string of the molecule is COC1CC(Nc2ncnc3c2CCCC3)C1(C)C.